The molecule has 0 aliphatic carbocycles. The highest BCUT2D eigenvalue weighted by molar-refractivity contribution is 4.78. The fourth-order valence-corrected chi connectivity index (χ4v) is 5.23. The van der Waals surface area contributed by atoms with Crippen LogP contribution in [0.5, 0.6) is 0 Å². The third-order valence-electron chi connectivity index (χ3n) is 7.16. The second-order valence-corrected chi connectivity index (χ2v) is 9.38. The summed E-state index contributed by atoms with van der Waals surface area (Å²) < 4.78 is 10.7. The molecular formula is C24H48N4O2. The van der Waals surface area contributed by atoms with Crippen LogP contribution in [0.25, 0.3) is 0 Å². The van der Waals surface area contributed by atoms with Gasteiger partial charge in [0.2, 0.25) is 0 Å². The van der Waals surface area contributed by atoms with Crippen LogP contribution in [0.15, 0.2) is 0 Å². The van der Waals surface area contributed by atoms with E-state index in [1.807, 2.05) is 0 Å². The number of hydrogen-bond acceptors (Lipinski definition) is 6. The van der Waals surface area contributed by atoms with Gasteiger partial charge in [-0.2, -0.15) is 0 Å². The molecule has 5 aliphatic rings. The van der Waals surface area contributed by atoms with Gasteiger partial charge in [-0.1, -0.05) is 12.8 Å². The lowest BCUT2D eigenvalue weighted by molar-refractivity contribution is 0.0273. The first-order chi connectivity index (χ1) is 14.9. The molecule has 0 spiro atoms. The molecule has 0 bridgehead atoms. The zero-order chi connectivity index (χ0) is 20.7. The van der Waals surface area contributed by atoms with Crippen molar-refractivity contribution in [1.29, 1.82) is 0 Å². The molecule has 0 aromatic rings. The zero-order valence-corrected chi connectivity index (χ0v) is 19.4. The largest absolute Gasteiger partial charge is 0.381 e. The second-order valence-electron chi connectivity index (χ2n) is 9.38. The molecule has 0 aromatic carbocycles. The Bertz CT molecular complexity index is 323. The Morgan fingerprint density at radius 3 is 1.33 bits per heavy atom. The maximum atomic E-state index is 5.36. The minimum atomic E-state index is 0.806. The predicted molar refractivity (Wildman–Crippen MR) is 124 cm³/mol. The quantitative estimate of drug-likeness (QED) is 0.710. The highest BCUT2D eigenvalue weighted by atomic mass is 16.5. The molecule has 0 atom stereocenters. The van der Waals surface area contributed by atoms with Gasteiger partial charge in [-0.05, 0) is 77.5 Å². The lowest BCUT2D eigenvalue weighted by Crippen LogP contribution is -2.49. The molecule has 5 heterocycles. The van der Waals surface area contributed by atoms with Crippen LogP contribution in [0.3, 0.4) is 0 Å². The highest BCUT2D eigenvalue weighted by Gasteiger charge is 2.23. The Balaban J connectivity index is 0.000000136. The van der Waals surface area contributed by atoms with E-state index in [4.69, 9.17) is 9.47 Å². The van der Waals surface area contributed by atoms with Gasteiger partial charge in [-0.15, -0.1) is 0 Å². The first-order valence-electron chi connectivity index (χ1n) is 13.0. The predicted octanol–water partition coefficient (Wildman–Crippen LogP) is 2.48. The van der Waals surface area contributed by atoms with E-state index in [-0.39, 0.29) is 0 Å². The van der Waals surface area contributed by atoms with Gasteiger partial charge in [0, 0.05) is 64.7 Å². The van der Waals surface area contributed by atoms with Crippen molar-refractivity contribution in [1.82, 2.24) is 20.4 Å². The third kappa shape index (κ3) is 9.49. The van der Waals surface area contributed by atoms with Gasteiger partial charge in [0.1, 0.15) is 0 Å². The van der Waals surface area contributed by atoms with Crippen LogP contribution in [-0.2, 0) is 9.47 Å². The maximum Gasteiger partial charge on any atom is 0.0480 e. The van der Waals surface area contributed by atoms with Crippen LogP contribution < -0.4 is 10.6 Å². The van der Waals surface area contributed by atoms with E-state index >= 15 is 0 Å². The van der Waals surface area contributed by atoms with E-state index < -0.39 is 0 Å². The molecule has 0 unspecified atom stereocenters. The summed E-state index contributed by atoms with van der Waals surface area (Å²) in [7, 11) is 0. The van der Waals surface area contributed by atoms with Crippen LogP contribution in [0.2, 0.25) is 0 Å². The average molecular weight is 425 g/mol. The average Bonchev–Trinajstić information content (AvgIpc) is 2.88. The van der Waals surface area contributed by atoms with Crippen molar-refractivity contribution in [3.05, 3.63) is 0 Å². The van der Waals surface area contributed by atoms with Gasteiger partial charge < -0.3 is 25.0 Å². The van der Waals surface area contributed by atoms with Crippen LogP contribution in [-0.4, -0.2) is 101 Å². The van der Waals surface area contributed by atoms with E-state index in [9.17, 15) is 0 Å². The molecule has 176 valence electrons. The van der Waals surface area contributed by atoms with E-state index in [0.29, 0.717) is 0 Å². The summed E-state index contributed by atoms with van der Waals surface area (Å²) in [6.07, 6.45) is 13.5. The first-order valence-corrected chi connectivity index (χ1v) is 13.0. The normalized spacial score (nSPS) is 28.0. The number of hydrogen-bond donors (Lipinski definition) is 2. The van der Waals surface area contributed by atoms with Gasteiger partial charge in [-0.3, -0.25) is 4.90 Å². The Labute approximate surface area is 185 Å². The van der Waals surface area contributed by atoms with Gasteiger partial charge >= 0.3 is 0 Å². The van der Waals surface area contributed by atoms with Crippen molar-refractivity contribution in [3.63, 3.8) is 0 Å². The Hall–Kier alpha value is -0.240. The van der Waals surface area contributed by atoms with E-state index in [0.717, 1.165) is 51.6 Å². The summed E-state index contributed by atoms with van der Waals surface area (Å²) in [5, 5.41) is 6.67. The molecule has 30 heavy (non-hydrogen) atoms. The van der Waals surface area contributed by atoms with Crippen molar-refractivity contribution >= 4 is 0 Å². The lowest BCUT2D eigenvalue weighted by atomic mass is 10.0. The third-order valence-corrected chi connectivity index (χ3v) is 7.16. The molecule has 5 rings (SSSR count). The fraction of sp³-hybridized carbons (Fsp3) is 1.00. The van der Waals surface area contributed by atoms with Crippen molar-refractivity contribution in [2.45, 2.75) is 76.3 Å². The van der Waals surface area contributed by atoms with Crippen LogP contribution in [0.4, 0.5) is 0 Å². The number of likely N-dealkylation sites (tertiary alicyclic amines) is 1. The molecular weight excluding hydrogens is 376 g/mol. The van der Waals surface area contributed by atoms with Gasteiger partial charge in [-0.25, -0.2) is 0 Å². The minimum Gasteiger partial charge on any atom is -0.381 e. The highest BCUT2D eigenvalue weighted by Crippen LogP contribution is 2.19. The summed E-state index contributed by atoms with van der Waals surface area (Å²) >= 11 is 0. The number of nitrogens with zero attached hydrogens (tertiary/aromatic N) is 2. The molecule has 0 saturated carbocycles. The number of ether oxygens (including phenoxy) is 2. The van der Waals surface area contributed by atoms with E-state index in [1.165, 1.54) is 103 Å². The first kappa shape index (κ1) is 24.4. The van der Waals surface area contributed by atoms with Gasteiger partial charge in [0.25, 0.3) is 0 Å². The second kappa shape index (κ2) is 15.5. The van der Waals surface area contributed by atoms with Gasteiger partial charge in [0.05, 0.1) is 0 Å². The van der Waals surface area contributed by atoms with Crippen LogP contribution in [0.1, 0.15) is 64.2 Å². The summed E-state index contributed by atoms with van der Waals surface area (Å²) in [6, 6.07) is 1.65. The number of nitrogens with one attached hydrogen (secondary N) is 2. The molecule has 5 aliphatic heterocycles. The Morgan fingerprint density at radius 1 is 0.467 bits per heavy atom. The molecule has 5 saturated heterocycles. The Kier molecular flexibility index (Phi) is 12.6. The fourth-order valence-electron chi connectivity index (χ4n) is 5.23. The monoisotopic (exact) mass is 424 g/mol. The molecule has 0 amide bonds. The van der Waals surface area contributed by atoms with Crippen LogP contribution in [0, 0.1) is 0 Å². The van der Waals surface area contributed by atoms with E-state index in [2.05, 4.69) is 20.4 Å². The SMILES string of the molecule is C1CCN(C2CCOCC2)CC1.C1CCNCC1.C1CN(C2CCOCC2)CCN1. The number of piperidine rings is 2. The van der Waals surface area contributed by atoms with Crippen LogP contribution >= 0.6 is 0 Å². The van der Waals surface area contributed by atoms with Crippen molar-refractivity contribution < 1.29 is 9.47 Å². The van der Waals surface area contributed by atoms with E-state index in [1.54, 1.807) is 0 Å². The summed E-state index contributed by atoms with van der Waals surface area (Å²) in [5.41, 5.74) is 0. The summed E-state index contributed by atoms with van der Waals surface area (Å²) in [6.45, 7) is 13.9. The van der Waals surface area contributed by atoms with Gasteiger partial charge in [0.15, 0.2) is 0 Å². The molecule has 6 nitrogen and oxygen atoms in total. The number of piperazine rings is 1. The minimum absolute atomic E-state index is 0.806. The molecule has 2 N–H and O–H groups in total. The molecule has 6 heteroatoms. The summed E-state index contributed by atoms with van der Waals surface area (Å²) in [4.78, 5) is 5.28. The Morgan fingerprint density at radius 2 is 0.900 bits per heavy atom. The van der Waals surface area contributed by atoms with Crippen molar-refractivity contribution in [3.8, 4) is 0 Å². The standard InChI is InChI=1S/C10H19NO.C9H18N2O.C5H11N/c1-2-6-11(7-3-1)10-4-8-12-9-5-10;1-7-12-8-2-9(1)11-5-3-10-4-6-11;1-2-4-6-5-3-1/h10H,1-9H2;9-10H,1-8H2;6H,1-5H2. The molecule has 5 fully saturated rings. The summed E-state index contributed by atoms with van der Waals surface area (Å²) in [5.74, 6) is 0. The van der Waals surface area contributed by atoms with Crippen molar-refractivity contribution in [2.24, 2.45) is 0 Å². The zero-order valence-electron chi connectivity index (χ0n) is 19.4. The molecule has 0 radical (unpaired) electrons. The lowest BCUT2D eigenvalue weighted by Gasteiger charge is -2.36. The molecule has 0 aromatic heterocycles. The number of rotatable bonds is 2. The smallest absolute Gasteiger partial charge is 0.0480 e. The topological polar surface area (TPSA) is 49.0 Å². The maximum absolute atomic E-state index is 5.36. The van der Waals surface area contributed by atoms with Crippen molar-refractivity contribution in [2.75, 3.05) is 78.8 Å².